The SMILES string of the molecule is CC(C)c1c(C(=O)O)c2ccc(O)cc2n1Cc1ccc(O)cc1.CC(C)c1c(C(=O)O)c2cccc(O)c2n1Cc1ccc(O)cc1. The Labute approximate surface area is 277 Å². The minimum atomic E-state index is -1.00. The molecular weight excluding hydrogens is 612 g/mol. The number of carboxylic acids is 2. The van der Waals surface area contributed by atoms with E-state index in [1.54, 1.807) is 78.9 Å². The van der Waals surface area contributed by atoms with Crippen LogP contribution in [0.1, 0.15) is 82.8 Å². The molecule has 0 saturated heterocycles. The van der Waals surface area contributed by atoms with Gasteiger partial charge in [-0.25, -0.2) is 9.59 Å². The van der Waals surface area contributed by atoms with Crippen LogP contribution in [0.4, 0.5) is 0 Å². The van der Waals surface area contributed by atoms with Gasteiger partial charge in [0.2, 0.25) is 0 Å². The number of benzene rings is 4. The summed E-state index contributed by atoms with van der Waals surface area (Å²) in [6.45, 7) is 8.65. The van der Waals surface area contributed by atoms with Gasteiger partial charge in [0.1, 0.15) is 23.0 Å². The Morgan fingerprint density at radius 3 is 1.54 bits per heavy atom. The highest BCUT2D eigenvalue weighted by Gasteiger charge is 2.26. The number of fused-ring (bicyclic) bond motifs is 2. The molecule has 6 rings (SSSR count). The van der Waals surface area contributed by atoms with Crippen LogP contribution in [0.5, 0.6) is 23.0 Å². The summed E-state index contributed by atoms with van der Waals surface area (Å²) >= 11 is 0. The normalized spacial score (nSPS) is 11.3. The third-order valence-corrected chi connectivity index (χ3v) is 8.26. The molecule has 2 heterocycles. The van der Waals surface area contributed by atoms with Crippen LogP contribution in [-0.2, 0) is 13.1 Å². The smallest absolute Gasteiger partial charge is 0.338 e. The van der Waals surface area contributed by atoms with Crippen molar-refractivity contribution in [2.75, 3.05) is 0 Å². The van der Waals surface area contributed by atoms with E-state index in [0.717, 1.165) is 16.8 Å². The Hall–Kier alpha value is -5.90. The van der Waals surface area contributed by atoms with Crippen molar-refractivity contribution in [2.24, 2.45) is 0 Å². The highest BCUT2D eigenvalue weighted by molar-refractivity contribution is 6.07. The second-order valence-electron chi connectivity index (χ2n) is 12.3. The Kier molecular flexibility index (Phi) is 9.38. The van der Waals surface area contributed by atoms with E-state index < -0.39 is 11.9 Å². The van der Waals surface area contributed by atoms with Gasteiger partial charge in [-0.05, 0) is 65.4 Å². The molecule has 0 radical (unpaired) electrons. The third kappa shape index (κ3) is 6.50. The number of aromatic nitrogens is 2. The van der Waals surface area contributed by atoms with Crippen LogP contribution < -0.4 is 0 Å². The topological polar surface area (TPSA) is 165 Å². The van der Waals surface area contributed by atoms with Crippen molar-refractivity contribution in [3.8, 4) is 23.0 Å². The van der Waals surface area contributed by atoms with Crippen molar-refractivity contribution in [3.05, 3.63) is 119 Å². The lowest BCUT2D eigenvalue weighted by molar-refractivity contribution is 0.0686. The summed E-state index contributed by atoms with van der Waals surface area (Å²) < 4.78 is 3.78. The summed E-state index contributed by atoms with van der Waals surface area (Å²) in [4.78, 5) is 23.7. The van der Waals surface area contributed by atoms with Crippen LogP contribution in [0, 0.1) is 0 Å². The Bertz CT molecular complexity index is 2120. The number of rotatable bonds is 8. The maximum Gasteiger partial charge on any atom is 0.338 e. The number of hydrogen-bond acceptors (Lipinski definition) is 6. The molecule has 10 heteroatoms. The van der Waals surface area contributed by atoms with Gasteiger partial charge < -0.3 is 39.8 Å². The average Bonchev–Trinajstić information content (AvgIpc) is 3.53. The van der Waals surface area contributed by atoms with Gasteiger partial charge in [-0.3, -0.25) is 0 Å². The summed E-state index contributed by atoms with van der Waals surface area (Å²) in [5.74, 6) is -1.49. The quantitative estimate of drug-likeness (QED) is 0.0969. The van der Waals surface area contributed by atoms with Gasteiger partial charge in [-0.15, -0.1) is 0 Å². The number of phenols is 4. The third-order valence-electron chi connectivity index (χ3n) is 8.26. The average molecular weight is 651 g/mol. The number of phenolic OH excluding ortho intramolecular Hbond substituents is 4. The Morgan fingerprint density at radius 1 is 0.583 bits per heavy atom. The van der Waals surface area contributed by atoms with Gasteiger partial charge in [0.15, 0.2) is 0 Å². The predicted molar refractivity (Wildman–Crippen MR) is 184 cm³/mol. The van der Waals surface area contributed by atoms with E-state index in [1.165, 1.54) is 6.07 Å². The molecule has 0 fully saturated rings. The molecule has 0 unspecified atom stereocenters. The first-order valence-electron chi connectivity index (χ1n) is 15.5. The lowest BCUT2D eigenvalue weighted by Crippen LogP contribution is -2.09. The standard InChI is InChI=1S/2C19H19NO4/c1-11(2)18-17(19(23)24)15-8-7-14(22)9-16(15)20(18)10-12-3-5-13(21)6-4-12;1-11(2)17-16(19(23)24)14-4-3-5-15(22)18(14)20(17)10-12-6-8-13(21)9-7-12/h2*3-9,11,21-22H,10H2,1-2H3,(H,23,24). The Morgan fingerprint density at radius 2 is 1.04 bits per heavy atom. The van der Waals surface area contributed by atoms with Gasteiger partial charge in [0.25, 0.3) is 0 Å². The van der Waals surface area contributed by atoms with Crippen molar-refractivity contribution in [1.29, 1.82) is 0 Å². The molecule has 6 N–H and O–H groups in total. The molecule has 6 aromatic rings. The maximum atomic E-state index is 11.8. The highest BCUT2D eigenvalue weighted by Crippen LogP contribution is 2.37. The first-order valence-corrected chi connectivity index (χ1v) is 15.5. The van der Waals surface area contributed by atoms with Crippen molar-refractivity contribution in [3.63, 3.8) is 0 Å². The zero-order valence-electron chi connectivity index (χ0n) is 27.0. The summed E-state index contributed by atoms with van der Waals surface area (Å²) in [6, 6.07) is 23.2. The van der Waals surface area contributed by atoms with Gasteiger partial charge in [0, 0.05) is 41.3 Å². The van der Waals surface area contributed by atoms with E-state index in [2.05, 4.69) is 0 Å². The van der Waals surface area contributed by atoms with Crippen LogP contribution >= 0.6 is 0 Å². The van der Waals surface area contributed by atoms with Gasteiger partial charge in [-0.2, -0.15) is 0 Å². The molecule has 0 amide bonds. The predicted octanol–water partition coefficient (Wildman–Crippen LogP) is 7.84. The van der Waals surface area contributed by atoms with Gasteiger partial charge in [0.05, 0.1) is 22.2 Å². The molecule has 4 aromatic carbocycles. The van der Waals surface area contributed by atoms with Crippen molar-refractivity contribution >= 4 is 33.7 Å². The lowest BCUT2D eigenvalue weighted by Gasteiger charge is -2.15. The van der Waals surface area contributed by atoms with Crippen molar-refractivity contribution in [1.82, 2.24) is 9.13 Å². The summed E-state index contributed by atoms with van der Waals surface area (Å²) in [5, 5.41) is 59.6. The maximum absolute atomic E-state index is 11.8. The van der Waals surface area contributed by atoms with E-state index in [0.29, 0.717) is 40.6 Å². The number of hydrogen-bond donors (Lipinski definition) is 6. The fraction of sp³-hybridized carbons (Fsp3) is 0.211. The molecule has 10 nitrogen and oxygen atoms in total. The molecule has 0 aliphatic carbocycles. The van der Waals surface area contributed by atoms with Crippen LogP contribution in [0.3, 0.4) is 0 Å². The Balaban J connectivity index is 0.000000188. The van der Waals surface area contributed by atoms with Crippen LogP contribution in [0.2, 0.25) is 0 Å². The number of carbonyl (C=O) groups is 2. The second kappa shape index (κ2) is 13.4. The summed E-state index contributed by atoms with van der Waals surface area (Å²) in [5.41, 5.74) is 4.95. The van der Waals surface area contributed by atoms with E-state index >= 15 is 0 Å². The molecule has 2 aromatic heterocycles. The highest BCUT2D eigenvalue weighted by atomic mass is 16.4. The number of para-hydroxylation sites is 1. The van der Waals surface area contributed by atoms with Gasteiger partial charge in [-0.1, -0.05) is 64.1 Å². The minimum absolute atomic E-state index is 0.00255. The monoisotopic (exact) mass is 650 g/mol. The van der Waals surface area contributed by atoms with Crippen LogP contribution in [0.15, 0.2) is 84.9 Å². The first-order chi connectivity index (χ1) is 22.8. The van der Waals surface area contributed by atoms with Crippen molar-refractivity contribution in [2.45, 2.75) is 52.6 Å². The summed E-state index contributed by atoms with van der Waals surface area (Å²) in [7, 11) is 0. The molecule has 0 bridgehead atoms. The zero-order valence-corrected chi connectivity index (χ0v) is 27.0. The summed E-state index contributed by atoms with van der Waals surface area (Å²) in [6.07, 6.45) is 0. The number of aromatic hydroxyl groups is 4. The molecular formula is C38H38N2O8. The fourth-order valence-corrected chi connectivity index (χ4v) is 6.32. The van der Waals surface area contributed by atoms with E-state index in [1.807, 2.05) is 36.8 Å². The van der Waals surface area contributed by atoms with Crippen LogP contribution in [-0.4, -0.2) is 51.7 Å². The number of nitrogens with zero attached hydrogens (tertiary/aromatic N) is 2. The molecule has 0 saturated carbocycles. The van der Waals surface area contributed by atoms with Gasteiger partial charge >= 0.3 is 11.9 Å². The molecule has 0 atom stereocenters. The van der Waals surface area contributed by atoms with E-state index in [-0.39, 0.29) is 46.0 Å². The number of carboxylic acid groups (broad SMARTS) is 2. The molecule has 248 valence electrons. The molecule has 48 heavy (non-hydrogen) atoms. The lowest BCUT2D eigenvalue weighted by atomic mass is 10.0. The molecule has 0 spiro atoms. The number of aromatic carboxylic acids is 2. The minimum Gasteiger partial charge on any atom is -0.508 e. The second-order valence-corrected chi connectivity index (χ2v) is 12.3. The molecule has 0 aliphatic heterocycles. The van der Waals surface area contributed by atoms with E-state index in [4.69, 9.17) is 0 Å². The zero-order chi connectivity index (χ0) is 34.9. The fourth-order valence-electron chi connectivity index (χ4n) is 6.32. The van der Waals surface area contributed by atoms with Crippen molar-refractivity contribution < 1.29 is 40.2 Å². The van der Waals surface area contributed by atoms with Crippen LogP contribution in [0.25, 0.3) is 21.8 Å². The largest absolute Gasteiger partial charge is 0.508 e. The van der Waals surface area contributed by atoms with E-state index in [9.17, 15) is 40.2 Å². The first kappa shape index (κ1) is 33.5. The molecule has 0 aliphatic rings.